The van der Waals surface area contributed by atoms with E-state index >= 15 is 0 Å². The minimum atomic E-state index is -0.237. The molecule has 1 heterocycles. The molecule has 0 spiro atoms. The van der Waals surface area contributed by atoms with Gasteiger partial charge in [0.05, 0.1) is 11.7 Å². The van der Waals surface area contributed by atoms with Crippen molar-refractivity contribution in [3.63, 3.8) is 0 Å². The van der Waals surface area contributed by atoms with Crippen LogP contribution in [0.4, 0.5) is 11.4 Å². The van der Waals surface area contributed by atoms with Gasteiger partial charge in [-0.15, -0.1) is 0 Å². The Morgan fingerprint density at radius 2 is 1.47 bits per heavy atom. The Balaban J connectivity index is 1.32. The van der Waals surface area contributed by atoms with Crippen molar-refractivity contribution in [3.05, 3.63) is 96.1 Å². The summed E-state index contributed by atoms with van der Waals surface area (Å²) in [6.45, 7) is 0. The molecule has 32 heavy (non-hydrogen) atoms. The molecule has 1 unspecified atom stereocenters. The van der Waals surface area contributed by atoms with E-state index < -0.39 is 0 Å². The number of hydrogen-bond donors (Lipinski definition) is 2. The predicted octanol–water partition coefficient (Wildman–Crippen LogP) is 4.52. The van der Waals surface area contributed by atoms with Crippen molar-refractivity contribution in [2.75, 3.05) is 10.3 Å². The van der Waals surface area contributed by atoms with Gasteiger partial charge in [-0.05, 0) is 54.8 Å². The molecule has 3 aromatic rings. The van der Waals surface area contributed by atoms with Gasteiger partial charge in [0, 0.05) is 23.7 Å². The summed E-state index contributed by atoms with van der Waals surface area (Å²) in [6.07, 6.45) is 2.60. The van der Waals surface area contributed by atoms with Crippen LogP contribution in [-0.4, -0.2) is 23.6 Å². The Kier molecular flexibility index (Phi) is 5.42. The van der Waals surface area contributed by atoms with Gasteiger partial charge in [-0.3, -0.25) is 14.6 Å². The second kappa shape index (κ2) is 8.67. The Bertz CT molecular complexity index is 1140. The average molecular weight is 425 g/mol. The van der Waals surface area contributed by atoms with E-state index in [0.717, 1.165) is 24.1 Å². The van der Waals surface area contributed by atoms with Gasteiger partial charge in [0.15, 0.2) is 0 Å². The first-order chi connectivity index (χ1) is 15.7. The van der Waals surface area contributed by atoms with E-state index in [2.05, 4.69) is 27.9 Å². The topological polar surface area (TPSA) is 73.8 Å². The molecule has 1 aliphatic carbocycles. The average Bonchev–Trinajstić information content (AvgIpc) is 3.54. The summed E-state index contributed by atoms with van der Waals surface area (Å²) in [5.41, 5.74) is 3.74. The number of carbonyl (C=O) groups excluding carboxylic acids is 2. The summed E-state index contributed by atoms with van der Waals surface area (Å²) in [7, 11) is 0. The van der Waals surface area contributed by atoms with Crippen LogP contribution >= 0.6 is 0 Å². The predicted molar refractivity (Wildman–Crippen MR) is 126 cm³/mol. The van der Waals surface area contributed by atoms with Gasteiger partial charge < -0.3 is 10.6 Å². The van der Waals surface area contributed by atoms with Gasteiger partial charge in [-0.1, -0.05) is 48.5 Å². The molecule has 1 fully saturated rings. The van der Waals surface area contributed by atoms with Gasteiger partial charge in [0.25, 0.3) is 11.8 Å². The van der Waals surface area contributed by atoms with Crippen molar-refractivity contribution < 1.29 is 9.59 Å². The van der Waals surface area contributed by atoms with E-state index in [9.17, 15) is 9.59 Å². The number of carbonyl (C=O) groups is 2. The lowest BCUT2D eigenvalue weighted by Gasteiger charge is -2.23. The fraction of sp³-hybridized carbons (Fsp3) is 0.192. The number of nitrogens with zero attached hydrogens (tertiary/aromatic N) is 2. The van der Waals surface area contributed by atoms with E-state index in [1.54, 1.807) is 24.3 Å². The number of amides is 2. The van der Waals surface area contributed by atoms with Gasteiger partial charge in [0.2, 0.25) is 0 Å². The molecule has 160 valence electrons. The van der Waals surface area contributed by atoms with E-state index in [1.807, 2.05) is 53.5 Å². The molecular formula is C26H24N4O2. The fourth-order valence-electron chi connectivity index (χ4n) is 3.81. The Hall–Kier alpha value is -3.93. The third-order valence-electron chi connectivity index (χ3n) is 5.70. The Morgan fingerprint density at radius 3 is 2.12 bits per heavy atom. The highest BCUT2D eigenvalue weighted by Gasteiger charge is 2.32. The zero-order chi connectivity index (χ0) is 21.9. The summed E-state index contributed by atoms with van der Waals surface area (Å²) in [4.78, 5) is 25.1. The van der Waals surface area contributed by atoms with Crippen molar-refractivity contribution in [3.8, 4) is 0 Å². The van der Waals surface area contributed by atoms with Crippen LogP contribution in [0.2, 0.25) is 0 Å². The third-order valence-corrected chi connectivity index (χ3v) is 5.70. The molecule has 0 bridgehead atoms. The van der Waals surface area contributed by atoms with Gasteiger partial charge in [-0.25, -0.2) is 0 Å². The van der Waals surface area contributed by atoms with Gasteiger partial charge in [0.1, 0.15) is 5.71 Å². The van der Waals surface area contributed by atoms with E-state index in [1.165, 1.54) is 0 Å². The summed E-state index contributed by atoms with van der Waals surface area (Å²) in [5.74, 6) is -0.311. The first-order valence-corrected chi connectivity index (χ1v) is 10.9. The summed E-state index contributed by atoms with van der Waals surface area (Å²) in [6, 6.07) is 27.2. The molecule has 1 aliphatic heterocycles. The lowest BCUT2D eigenvalue weighted by molar-refractivity contribution is -0.110. The minimum absolute atomic E-state index is 0.0483. The standard InChI is InChI=1S/C26H24N4O2/c31-25(27-21-15-16-21)19-11-13-20(14-12-19)28-26(32)23-17-24(18-7-3-1-4-8-18)30(29-23)22-9-5-2-6-10-22/h1-14,21,24H,15-17H2,(H,27,31)(H,28,32). The normalized spacial score (nSPS) is 17.6. The van der Waals surface area contributed by atoms with Crippen LogP contribution in [0, 0.1) is 0 Å². The molecule has 0 radical (unpaired) electrons. The number of anilines is 2. The SMILES string of the molecule is O=C(Nc1ccc(C(=O)NC2CC2)cc1)C1=NN(c2ccccc2)C(c2ccccc2)C1. The monoisotopic (exact) mass is 424 g/mol. The number of para-hydroxylation sites is 1. The zero-order valence-corrected chi connectivity index (χ0v) is 17.6. The molecule has 2 amide bonds. The first-order valence-electron chi connectivity index (χ1n) is 10.9. The second-order valence-corrected chi connectivity index (χ2v) is 8.14. The minimum Gasteiger partial charge on any atom is -0.349 e. The van der Waals surface area contributed by atoms with Crippen LogP contribution in [0.1, 0.15) is 41.2 Å². The van der Waals surface area contributed by atoms with Crippen LogP contribution in [0.15, 0.2) is 90.0 Å². The lowest BCUT2D eigenvalue weighted by Crippen LogP contribution is -2.25. The van der Waals surface area contributed by atoms with Crippen LogP contribution in [0.3, 0.4) is 0 Å². The number of benzene rings is 3. The largest absolute Gasteiger partial charge is 0.349 e. The number of nitrogens with one attached hydrogen (secondary N) is 2. The van der Waals surface area contributed by atoms with Crippen LogP contribution in [0.5, 0.6) is 0 Å². The molecule has 6 nitrogen and oxygen atoms in total. The highest BCUT2D eigenvalue weighted by molar-refractivity contribution is 6.43. The Labute approximate surface area is 187 Å². The third kappa shape index (κ3) is 4.39. The van der Waals surface area contributed by atoms with Crippen LogP contribution in [-0.2, 0) is 4.79 Å². The number of rotatable bonds is 6. The molecule has 2 N–H and O–H groups in total. The smallest absolute Gasteiger partial charge is 0.271 e. The van der Waals surface area contributed by atoms with Crippen molar-refractivity contribution >= 4 is 28.9 Å². The zero-order valence-electron chi connectivity index (χ0n) is 17.6. The maximum atomic E-state index is 13.0. The van der Waals surface area contributed by atoms with Crippen molar-refractivity contribution in [2.24, 2.45) is 5.10 Å². The van der Waals surface area contributed by atoms with Crippen molar-refractivity contribution in [1.29, 1.82) is 0 Å². The summed E-state index contributed by atoms with van der Waals surface area (Å²) >= 11 is 0. The molecule has 1 atom stereocenters. The van der Waals surface area contributed by atoms with E-state index in [4.69, 9.17) is 0 Å². The number of hydrazone groups is 1. The second-order valence-electron chi connectivity index (χ2n) is 8.14. The fourth-order valence-corrected chi connectivity index (χ4v) is 3.81. The van der Waals surface area contributed by atoms with E-state index in [0.29, 0.717) is 29.4 Å². The molecule has 0 aromatic heterocycles. The highest BCUT2D eigenvalue weighted by atomic mass is 16.2. The molecule has 6 heteroatoms. The Morgan fingerprint density at radius 1 is 0.812 bits per heavy atom. The van der Waals surface area contributed by atoms with Gasteiger partial charge in [-0.2, -0.15) is 5.10 Å². The maximum Gasteiger partial charge on any atom is 0.271 e. The van der Waals surface area contributed by atoms with Crippen LogP contribution in [0.25, 0.3) is 0 Å². The summed E-state index contributed by atoms with van der Waals surface area (Å²) in [5, 5.41) is 12.5. The molecule has 2 aliphatic rings. The molecule has 5 rings (SSSR count). The molecule has 3 aromatic carbocycles. The maximum absolute atomic E-state index is 13.0. The first kappa shape index (κ1) is 20.0. The summed E-state index contributed by atoms with van der Waals surface area (Å²) < 4.78 is 0. The lowest BCUT2D eigenvalue weighted by atomic mass is 10.0. The van der Waals surface area contributed by atoms with Gasteiger partial charge >= 0.3 is 0 Å². The number of hydrogen-bond acceptors (Lipinski definition) is 4. The van der Waals surface area contributed by atoms with Crippen molar-refractivity contribution in [2.45, 2.75) is 31.3 Å². The molecule has 0 saturated heterocycles. The van der Waals surface area contributed by atoms with Crippen LogP contribution < -0.4 is 15.6 Å². The molecule has 1 saturated carbocycles. The van der Waals surface area contributed by atoms with E-state index in [-0.39, 0.29) is 17.9 Å². The van der Waals surface area contributed by atoms with Crippen molar-refractivity contribution in [1.82, 2.24) is 5.32 Å². The highest BCUT2D eigenvalue weighted by Crippen LogP contribution is 2.35. The quantitative estimate of drug-likeness (QED) is 0.611. The molecular weight excluding hydrogens is 400 g/mol.